The van der Waals surface area contributed by atoms with Crippen molar-refractivity contribution >= 4 is 22.4 Å². The Morgan fingerprint density at radius 2 is 1.86 bits per heavy atom. The summed E-state index contributed by atoms with van der Waals surface area (Å²) in [5.74, 6) is 3.11. The third kappa shape index (κ3) is 2.85. The van der Waals surface area contributed by atoms with Gasteiger partial charge < -0.3 is 15.5 Å². The quantitative estimate of drug-likeness (QED) is 0.398. The molecule has 7 atom stereocenters. The summed E-state index contributed by atoms with van der Waals surface area (Å²) in [4.78, 5) is 26.2. The maximum absolute atomic E-state index is 13.4. The molecule has 0 saturated heterocycles. The van der Waals surface area contributed by atoms with Gasteiger partial charge in [0.15, 0.2) is 0 Å². The Balaban J connectivity index is 1.25. The first-order valence-electron chi connectivity index (χ1n) is 13.9. The number of anilines is 1. The van der Waals surface area contributed by atoms with E-state index in [2.05, 4.69) is 19.2 Å². The van der Waals surface area contributed by atoms with Crippen molar-refractivity contribution in [2.24, 2.45) is 34.5 Å². The fourth-order valence-corrected chi connectivity index (χ4v) is 9.96. The van der Waals surface area contributed by atoms with E-state index in [9.17, 15) is 9.59 Å². The van der Waals surface area contributed by atoms with Crippen LogP contribution in [-0.4, -0.2) is 12.3 Å². The predicted molar refractivity (Wildman–Crippen MR) is 137 cm³/mol. The second-order valence-corrected chi connectivity index (χ2v) is 13.0. The molecular formula is C30H38N2O3. The number of carbonyl (C=O) groups excluding carboxylic acids is 1. The molecule has 7 rings (SSSR count). The molecule has 1 aliphatic heterocycles. The molecule has 186 valence electrons. The van der Waals surface area contributed by atoms with E-state index in [0.717, 1.165) is 62.4 Å². The molecule has 1 aromatic heterocycles. The molecule has 3 N–H and O–H groups in total. The maximum Gasteiger partial charge on any atom is 0.341 e. The standard InChI is InChI=1S/C30H38N2O3/c1-28-12-13-30(26-20(10-14-32-30)19-6-4-18(31)15-24(19)35-27(26)34)16-17(28)3-5-21-22-7-8-25(33)29(22,2)11-9-23(21)28/h4,6,15,17,21-23,32H,3,5,7-14,16,31H2,1-2H3/t17-,21-,22-,23-,28-,29-,30+/m0/s1. The molecule has 2 aromatic rings. The summed E-state index contributed by atoms with van der Waals surface area (Å²) in [7, 11) is 0. The lowest BCUT2D eigenvalue weighted by Crippen LogP contribution is -2.60. The van der Waals surface area contributed by atoms with Gasteiger partial charge in [-0.15, -0.1) is 0 Å². The second-order valence-electron chi connectivity index (χ2n) is 13.0. The topological polar surface area (TPSA) is 85.3 Å². The van der Waals surface area contributed by atoms with Crippen LogP contribution in [0.2, 0.25) is 0 Å². The van der Waals surface area contributed by atoms with Crippen LogP contribution < -0.4 is 16.7 Å². The highest BCUT2D eigenvalue weighted by molar-refractivity contribution is 5.87. The van der Waals surface area contributed by atoms with Crippen LogP contribution in [0, 0.1) is 34.5 Å². The van der Waals surface area contributed by atoms with E-state index in [1.165, 1.54) is 24.8 Å². The van der Waals surface area contributed by atoms with Gasteiger partial charge in [-0.3, -0.25) is 4.79 Å². The normalized spacial score (nSPS) is 42.4. The van der Waals surface area contributed by atoms with Crippen molar-refractivity contribution in [3.05, 3.63) is 39.7 Å². The first-order chi connectivity index (χ1) is 16.8. The fourth-order valence-electron chi connectivity index (χ4n) is 9.96. The average molecular weight is 475 g/mol. The highest BCUT2D eigenvalue weighted by Gasteiger charge is 2.62. The van der Waals surface area contributed by atoms with Gasteiger partial charge in [0.25, 0.3) is 0 Å². The fraction of sp³-hybridized carbons (Fsp3) is 0.667. The van der Waals surface area contributed by atoms with Crippen LogP contribution in [0.4, 0.5) is 5.69 Å². The first kappa shape index (κ1) is 22.1. The Bertz CT molecular complexity index is 1300. The summed E-state index contributed by atoms with van der Waals surface area (Å²) in [6, 6.07) is 5.74. The number of rotatable bonds is 0. The number of hydrogen-bond donors (Lipinski definition) is 2. The van der Waals surface area contributed by atoms with Crippen LogP contribution in [0.15, 0.2) is 27.4 Å². The molecule has 35 heavy (non-hydrogen) atoms. The number of fused-ring (bicyclic) bond motifs is 9. The Kier molecular flexibility index (Phi) is 4.55. The average Bonchev–Trinajstić information content (AvgIpc) is 3.14. The van der Waals surface area contributed by atoms with Crippen molar-refractivity contribution in [1.82, 2.24) is 5.32 Å². The molecule has 4 aliphatic carbocycles. The van der Waals surface area contributed by atoms with Crippen LogP contribution in [0.5, 0.6) is 0 Å². The monoisotopic (exact) mass is 474 g/mol. The van der Waals surface area contributed by atoms with E-state index in [-0.39, 0.29) is 16.6 Å². The molecule has 4 saturated carbocycles. The van der Waals surface area contributed by atoms with Crippen molar-refractivity contribution in [1.29, 1.82) is 0 Å². The van der Waals surface area contributed by atoms with Crippen LogP contribution in [0.25, 0.3) is 11.0 Å². The zero-order chi connectivity index (χ0) is 24.2. The highest BCUT2D eigenvalue weighted by atomic mass is 16.4. The molecule has 2 heterocycles. The Labute approximate surface area is 207 Å². The summed E-state index contributed by atoms with van der Waals surface area (Å²) < 4.78 is 5.88. The lowest BCUT2D eigenvalue weighted by Gasteiger charge is -2.62. The van der Waals surface area contributed by atoms with Crippen LogP contribution in [-0.2, 0) is 16.8 Å². The number of nitrogen functional groups attached to an aromatic ring is 1. The molecular weight excluding hydrogens is 436 g/mol. The zero-order valence-electron chi connectivity index (χ0n) is 21.1. The molecule has 0 unspecified atom stereocenters. The number of nitrogens with one attached hydrogen (secondary N) is 1. The molecule has 0 bridgehead atoms. The summed E-state index contributed by atoms with van der Waals surface area (Å²) in [5.41, 5.74) is 9.06. The van der Waals surface area contributed by atoms with Crippen molar-refractivity contribution in [2.45, 2.75) is 83.6 Å². The molecule has 0 radical (unpaired) electrons. The first-order valence-corrected chi connectivity index (χ1v) is 13.9. The number of ketones is 1. The minimum Gasteiger partial charge on any atom is -0.422 e. The van der Waals surface area contributed by atoms with Gasteiger partial charge in [-0.1, -0.05) is 13.8 Å². The number of benzene rings is 1. The largest absolute Gasteiger partial charge is 0.422 e. The summed E-state index contributed by atoms with van der Waals surface area (Å²) in [6.07, 6.45) is 10.6. The molecule has 1 spiro atoms. The third-order valence-corrected chi connectivity index (χ3v) is 11.8. The van der Waals surface area contributed by atoms with E-state index >= 15 is 0 Å². The van der Waals surface area contributed by atoms with Gasteiger partial charge in [0.05, 0.1) is 11.1 Å². The van der Waals surface area contributed by atoms with Crippen molar-refractivity contribution in [2.75, 3.05) is 12.3 Å². The summed E-state index contributed by atoms with van der Waals surface area (Å²) in [5, 5.41) is 4.89. The number of nitrogens with two attached hydrogens (primary N) is 1. The van der Waals surface area contributed by atoms with E-state index in [1.54, 1.807) is 6.07 Å². The van der Waals surface area contributed by atoms with Gasteiger partial charge in [0, 0.05) is 35.5 Å². The predicted octanol–water partition coefficient (Wildman–Crippen LogP) is 5.33. The maximum atomic E-state index is 13.4. The minimum atomic E-state index is -0.284. The van der Waals surface area contributed by atoms with E-state index in [4.69, 9.17) is 10.2 Å². The van der Waals surface area contributed by atoms with Crippen LogP contribution in [0.1, 0.15) is 82.8 Å². The highest BCUT2D eigenvalue weighted by Crippen LogP contribution is 2.67. The summed E-state index contributed by atoms with van der Waals surface area (Å²) in [6.45, 7) is 5.72. The lowest BCUT2D eigenvalue weighted by atomic mass is 9.43. The van der Waals surface area contributed by atoms with Crippen LogP contribution >= 0.6 is 0 Å². The van der Waals surface area contributed by atoms with Gasteiger partial charge in [0.1, 0.15) is 11.4 Å². The Hall–Kier alpha value is -2.14. The number of hydrogen-bond acceptors (Lipinski definition) is 5. The van der Waals surface area contributed by atoms with E-state index < -0.39 is 0 Å². The zero-order valence-corrected chi connectivity index (χ0v) is 21.1. The Morgan fingerprint density at radius 3 is 2.71 bits per heavy atom. The van der Waals surface area contributed by atoms with Crippen LogP contribution in [0.3, 0.4) is 0 Å². The Morgan fingerprint density at radius 1 is 1.00 bits per heavy atom. The molecule has 0 amide bonds. The smallest absolute Gasteiger partial charge is 0.341 e. The number of Topliss-reactive ketones (excluding diaryl/α,β-unsaturated/α-hetero) is 1. The van der Waals surface area contributed by atoms with Gasteiger partial charge in [-0.2, -0.15) is 0 Å². The molecule has 1 aromatic carbocycles. The summed E-state index contributed by atoms with van der Waals surface area (Å²) >= 11 is 0. The molecule has 4 fully saturated rings. The van der Waals surface area contributed by atoms with Gasteiger partial charge in [0.2, 0.25) is 0 Å². The minimum absolute atomic E-state index is 0.0620. The van der Waals surface area contributed by atoms with Gasteiger partial charge >= 0.3 is 5.63 Å². The van der Waals surface area contributed by atoms with E-state index in [1.807, 2.05) is 12.1 Å². The lowest BCUT2D eigenvalue weighted by molar-refractivity contribution is -0.142. The van der Waals surface area contributed by atoms with Crippen molar-refractivity contribution < 1.29 is 9.21 Å². The number of carbonyl (C=O) groups is 1. The van der Waals surface area contributed by atoms with Crippen molar-refractivity contribution in [3.63, 3.8) is 0 Å². The molecule has 5 aliphatic rings. The van der Waals surface area contributed by atoms with Gasteiger partial charge in [-0.05, 0) is 105 Å². The van der Waals surface area contributed by atoms with Crippen molar-refractivity contribution in [3.8, 4) is 0 Å². The SMILES string of the molecule is C[C@]12CC[C@]3(C[C@@H]1CC[C@@H]1[C@@H]2CC[C@]2(C)C(=O)CC[C@@H]12)NCCc1c3c(=O)oc2cc(N)ccc12. The third-order valence-electron chi connectivity index (χ3n) is 11.8. The van der Waals surface area contributed by atoms with Gasteiger partial charge in [-0.25, -0.2) is 4.79 Å². The van der Waals surface area contributed by atoms with E-state index in [0.29, 0.717) is 46.1 Å². The second kappa shape index (κ2) is 7.21. The molecule has 5 heteroatoms. The molecule has 5 nitrogen and oxygen atoms in total.